The van der Waals surface area contributed by atoms with E-state index in [-0.39, 0.29) is 11.8 Å². The molecule has 0 N–H and O–H groups in total. The molecule has 0 unspecified atom stereocenters. The lowest BCUT2D eigenvalue weighted by Gasteiger charge is -2.54. The summed E-state index contributed by atoms with van der Waals surface area (Å²) in [6, 6.07) is 23.2. The molecule has 5 nitrogen and oxygen atoms in total. The molecule has 1 fully saturated rings. The van der Waals surface area contributed by atoms with Crippen molar-refractivity contribution in [3.8, 4) is 0 Å². The Balaban J connectivity index is 1.70. The number of hydrogen-bond acceptors (Lipinski definition) is 4. The van der Waals surface area contributed by atoms with Crippen LogP contribution in [0.1, 0.15) is 28.2 Å². The molecule has 1 saturated heterocycles. The highest BCUT2D eigenvalue weighted by atomic mass is 16.4. The molecule has 5 heteroatoms. The van der Waals surface area contributed by atoms with E-state index in [0.717, 1.165) is 16.0 Å². The van der Waals surface area contributed by atoms with Gasteiger partial charge in [-0.3, -0.25) is 9.59 Å². The zero-order chi connectivity index (χ0) is 20.6. The van der Waals surface area contributed by atoms with Crippen LogP contribution in [0.5, 0.6) is 0 Å². The molecule has 1 aliphatic heterocycles. The second kappa shape index (κ2) is 5.66. The number of carboxylic acid groups (broad SMARTS) is 1. The van der Waals surface area contributed by atoms with E-state index in [1.54, 1.807) is 54.6 Å². The molecular formula is C25H16NO4-. The first-order valence-corrected chi connectivity index (χ1v) is 9.91. The van der Waals surface area contributed by atoms with Crippen molar-refractivity contribution >= 4 is 23.5 Å². The number of nitrogens with zero attached hydrogens (tertiary/aromatic N) is 1. The van der Waals surface area contributed by atoms with Crippen LogP contribution in [0.2, 0.25) is 0 Å². The molecule has 1 heterocycles. The maximum absolute atomic E-state index is 13.7. The van der Waals surface area contributed by atoms with Crippen LogP contribution in [0.4, 0.5) is 5.69 Å². The van der Waals surface area contributed by atoms with Crippen LogP contribution in [0, 0.1) is 11.8 Å². The number of imide groups is 1. The van der Waals surface area contributed by atoms with Crippen LogP contribution in [0.15, 0.2) is 78.9 Å². The van der Waals surface area contributed by atoms with Gasteiger partial charge in [0.2, 0.25) is 11.8 Å². The van der Waals surface area contributed by atoms with Crippen molar-refractivity contribution in [2.24, 2.45) is 11.8 Å². The Bertz CT molecular complexity index is 1200. The van der Waals surface area contributed by atoms with Gasteiger partial charge in [0, 0.05) is 5.92 Å². The van der Waals surface area contributed by atoms with E-state index in [1.807, 2.05) is 24.3 Å². The van der Waals surface area contributed by atoms with Gasteiger partial charge >= 0.3 is 0 Å². The molecule has 3 aliphatic carbocycles. The zero-order valence-corrected chi connectivity index (χ0v) is 15.8. The molecule has 30 heavy (non-hydrogen) atoms. The van der Waals surface area contributed by atoms with Crippen LogP contribution in [0.3, 0.4) is 0 Å². The van der Waals surface area contributed by atoms with E-state index in [1.165, 1.54) is 0 Å². The number of para-hydroxylation sites is 1. The van der Waals surface area contributed by atoms with Gasteiger partial charge in [0.25, 0.3) is 0 Å². The van der Waals surface area contributed by atoms with Crippen LogP contribution in [0.25, 0.3) is 0 Å². The second-order valence-corrected chi connectivity index (χ2v) is 8.10. The Morgan fingerprint density at radius 1 is 0.767 bits per heavy atom. The van der Waals surface area contributed by atoms with Crippen molar-refractivity contribution in [2.45, 2.75) is 11.3 Å². The number of rotatable bonds is 2. The van der Waals surface area contributed by atoms with Gasteiger partial charge in [0.05, 0.1) is 28.9 Å². The van der Waals surface area contributed by atoms with E-state index >= 15 is 0 Å². The average Bonchev–Trinajstić information content (AvgIpc) is 3.05. The number of carboxylic acids is 1. The molecule has 4 aliphatic rings. The van der Waals surface area contributed by atoms with Gasteiger partial charge in [-0.25, -0.2) is 4.90 Å². The minimum Gasteiger partial charge on any atom is -0.549 e. The van der Waals surface area contributed by atoms with E-state index in [0.29, 0.717) is 16.8 Å². The van der Waals surface area contributed by atoms with Gasteiger partial charge in [-0.2, -0.15) is 0 Å². The molecular weight excluding hydrogens is 378 g/mol. The van der Waals surface area contributed by atoms with Gasteiger partial charge in [-0.15, -0.1) is 0 Å². The second-order valence-electron chi connectivity index (χ2n) is 8.10. The molecule has 3 aromatic rings. The van der Waals surface area contributed by atoms with Crippen molar-refractivity contribution in [2.75, 3.05) is 4.90 Å². The number of carbonyl (C=O) groups excluding carboxylic acids is 3. The van der Waals surface area contributed by atoms with Crippen LogP contribution in [-0.4, -0.2) is 17.8 Å². The molecule has 0 saturated carbocycles. The summed E-state index contributed by atoms with van der Waals surface area (Å²) in [6.07, 6.45) is 0. The lowest BCUT2D eigenvalue weighted by Crippen LogP contribution is -2.61. The van der Waals surface area contributed by atoms with Gasteiger partial charge < -0.3 is 9.90 Å². The van der Waals surface area contributed by atoms with Crippen molar-refractivity contribution in [1.29, 1.82) is 0 Å². The number of hydrogen-bond donors (Lipinski definition) is 0. The molecule has 0 spiro atoms. The fourth-order valence-corrected chi connectivity index (χ4v) is 5.95. The number of benzene rings is 3. The van der Waals surface area contributed by atoms with Crippen molar-refractivity contribution < 1.29 is 19.5 Å². The SMILES string of the molecule is O=C1[C@@H]2C3c4ccccc4C(C(=O)[O-])(c4ccccc43)[C@@H]2C(=O)N1c1ccccc1. The van der Waals surface area contributed by atoms with E-state index in [4.69, 9.17) is 0 Å². The van der Waals surface area contributed by atoms with Gasteiger partial charge in [0.1, 0.15) is 0 Å². The maximum atomic E-state index is 13.7. The van der Waals surface area contributed by atoms with Crippen LogP contribution in [-0.2, 0) is 19.8 Å². The third-order valence-corrected chi connectivity index (χ3v) is 6.95. The van der Waals surface area contributed by atoms with Gasteiger partial charge in [0.15, 0.2) is 0 Å². The monoisotopic (exact) mass is 394 g/mol. The summed E-state index contributed by atoms with van der Waals surface area (Å²) in [5.41, 5.74) is 1.47. The number of carbonyl (C=O) groups is 3. The molecule has 7 rings (SSSR count). The molecule has 0 aromatic heterocycles. The summed E-state index contributed by atoms with van der Waals surface area (Å²) in [5.74, 6) is -4.35. The molecule has 146 valence electrons. The zero-order valence-electron chi connectivity index (χ0n) is 15.8. The van der Waals surface area contributed by atoms with Crippen molar-refractivity contribution in [3.63, 3.8) is 0 Å². The largest absolute Gasteiger partial charge is 0.549 e. The Kier molecular flexibility index (Phi) is 3.24. The van der Waals surface area contributed by atoms with Crippen LogP contribution >= 0.6 is 0 Å². The first-order valence-electron chi connectivity index (χ1n) is 9.91. The molecule has 2 bridgehead atoms. The van der Waals surface area contributed by atoms with E-state index in [9.17, 15) is 19.5 Å². The minimum atomic E-state index is -1.69. The Morgan fingerprint density at radius 2 is 1.30 bits per heavy atom. The Labute approximate surface area is 172 Å². The quantitative estimate of drug-likeness (QED) is 0.623. The maximum Gasteiger partial charge on any atom is 0.239 e. The highest BCUT2D eigenvalue weighted by Gasteiger charge is 2.68. The standard InChI is InChI=1S/C25H17NO4/c27-22-20-19-15-10-4-6-12-17(15)25(24(29)30,18-13-7-5-11-16(18)19)21(20)23(28)26(22)14-8-2-1-3-9-14/h1-13,19-21H,(H,29,30)/p-1/t19?,20-,21+,25?/m1/s1. The molecule has 2 atom stereocenters. The predicted octanol–water partition coefficient (Wildman–Crippen LogP) is 1.99. The summed E-state index contributed by atoms with van der Waals surface area (Å²) in [5, 5.41) is 12.9. The average molecular weight is 394 g/mol. The first kappa shape index (κ1) is 17.2. The summed E-state index contributed by atoms with van der Waals surface area (Å²) in [7, 11) is 0. The van der Waals surface area contributed by atoms with E-state index < -0.39 is 29.1 Å². The number of amides is 2. The number of anilines is 1. The highest BCUT2D eigenvalue weighted by Crippen LogP contribution is 2.64. The summed E-state index contributed by atoms with van der Waals surface area (Å²) < 4.78 is 0. The molecule has 0 radical (unpaired) electrons. The summed E-state index contributed by atoms with van der Waals surface area (Å²) in [6.45, 7) is 0. The predicted molar refractivity (Wildman–Crippen MR) is 106 cm³/mol. The van der Waals surface area contributed by atoms with Crippen molar-refractivity contribution in [1.82, 2.24) is 0 Å². The lowest BCUT2D eigenvalue weighted by molar-refractivity contribution is -0.314. The fourth-order valence-electron chi connectivity index (χ4n) is 5.95. The third kappa shape index (κ3) is 1.77. The summed E-state index contributed by atoms with van der Waals surface area (Å²) in [4.78, 5) is 41.4. The lowest BCUT2D eigenvalue weighted by atomic mass is 9.47. The van der Waals surface area contributed by atoms with Gasteiger partial charge in [-0.1, -0.05) is 66.7 Å². The Hall–Kier alpha value is -3.73. The van der Waals surface area contributed by atoms with Gasteiger partial charge in [-0.05, 0) is 34.4 Å². The van der Waals surface area contributed by atoms with E-state index in [2.05, 4.69) is 0 Å². The number of aliphatic carboxylic acids is 1. The topological polar surface area (TPSA) is 77.5 Å². The summed E-state index contributed by atoms with van der Waals surface area (Å²) >= 11 is 0. The smallest absolute Gasteiger partial charge is 0.239 e. The normalized spacial score (nSPS) is 28.1. The minimum absolute atomic E-state index is 0.351. The highest BCUT2D eigenvalue weighted by molar-refractivity contribution is 6.25. The Morgan fingerprint density at radius 3 is 1.87 bits per heavy atom. The third-order valence-electron chi connectivity index (χ3n) is 6.95. The van der Waals surface area contributed by atoms with Crippen LogP contribution < -0.4 is 10.0 Å². The van der Waals surface area contributed by atoms with Crippen molar-refractivity contribution in [3.05, 3.63) is 101 Å². The molecule has 3 aromatic carbocycles. The molecule has 2 amide bonds. The first-order chi connectivity index (χ1) is 14.6. The fraction of sp³-hybridized carbons (Fsp3) is 0.160.